The van der Waals surface area contributed by atoms with E-state index in [9.17, 15) is 4.79 Å². The van der Waals surface area contributed by atoms with Gasteiger partial charge in [-0.15, -0.1) is 0 Å². The number of unbranched alkanes of at least 4 members (excludes halogenated alkanes) is 3. The summed E-state index contributed by atoms with van der Waals surface area (Å²) in [6.07, 6.45) is 11.4. The SMILES string of the molecule is O=C(/C=C/CCCCC#Cc1ccccc1)N1CCCCC1. The van der Waals surface area contributed by atoms with Crippen LogP contribution in [-0.4, -0.2) is 23.9 Å². The van der Waals surface area contributed by atoms with Crippen LogP contribution in [-0.2, 0) is 4.79 Å². The molecule has 0 aliphatic carbocycles. The molecule has 0 N–H and O–H groups in total. The van der Waals surface area contributed by atoms with E-state index in [1.54, 1.807) is 6.08 Å². The fraction of sp³-hybridized carbons (Fsp3) is 0.450. The molecule has 1 heterocycles. The molecule has 1 aliphatic heterocycles. The lowest BCUT2D eigenvalue weighted by Crippen LogP contribution is -2.34. The van der Waals surface area contributed by atoms with Crippen LogP contribution in [0.2, 0.25) is 0 Å². The first kappa shape index (κ1) is 16.4. The lowest BCUT2D eigenvalue weighted by Gasteiger charge is -2.25. The van der Waals surface area contributed by atoms with Gasteiger partial charge in [-0.2, -0.15) is 0 Å². The highest BCUT2D eigenvalue weighted by atomic mass is 16.2. The molecule has 1 saturated heterocycles. The van der Waals surface area contributed by atoms with Gasteiger partial charge in [0.05, 0.1) is 0 Å². The second kappa shape index (κ2) is 9.84. The third kappa shape index (κ3) is 6.18. The number of carbonyl (C=O) groups excluding carboxylic acids is 1. The van der Waals surface area contributed by atoms with E-state index >= 15 is 0 Å². The van der Waals surface area contributed by atoms with Gasteiger partial charge in [0, 0.05) is 25.1 Å². The van der Waals surface area contributed by atoms with E-state index in [0.717, 1.165) is 57.2 Å². The monoisotopic (exact) mass is 295 g/mol. The van der Waals surface area contributed by atoms with Crippen LogP contribution in [0.4, 0.5) is 0 Å². The average Bonchev–Trinajstić information content (AvgIpc) is 2.59. The summed E-state index contributed by atoms with van der Waals surface area (Å²) >= 11 is 0. The van der Waals surface area contributed by atoms with Crippen molar-refractivity contribution in [1.29, 1.82) is 0 Å². The Hall–Kier alpha value is -2.01. The fourth-order valence-electron chi connectivity index (χ4n) is 2.57. The summed E-state index contributed by atoms with van der Waals surface area (Å²) in [5, 5.41) is 0. The first-order valence-electron chi connectivity index (χ1n) is 8.35. The molecule has 2 heteroatoms. The van der Waals surface area contributed by atoms with E-state index in [2.05, 4.69) is 11.8 Å². The number of likely N-dealkylation sites (tertiary alicyclic amines) is 1. The summed E-state index contributed by atoms with van der Waals surface area (Å²) in [4.78, 5) is 13.9. The highest BCUT2D eigenvalue weighted by molar-refractivity contribution is 5.87. The molecular formula is C20H25NO. The van der Waals surface area contributed by atoms with Crippen molar-refractivity contribution < 1.29 is 4.79 Å². The summed E-state index contributed by atoms with van der Waals surface area (Å²) in [5.41, 5.74) is 1.08. The Labute approximate surface area is 134 Å². The number of piperidine rings is 1. The molecule has 0 spiro atoms. The molecule has 2 nitrogen and oxygen atoms in total. The Kier molecular flexibility index (Phi) is 7.32. The van der Waals surface area contributed by atoms with Crippen molar-refractivity contribution in [3.63, 3.8) is 0 Å². The zero-order chi connectivity index (χ0) is 15.5. The van der Waals surface area contributed by atoms with Crippen molar-refractivity contribution in [3.8, 4) is 11.8 Å². The summed E-state index contributed by atoms with van der Waals surface area (Å²) in [5.74, 6) is 6.56. The van der Waals surface area contributed by atoms with Crippen LogP contribution in [0, 0.1) is 11.8 Å². The molecule has 1 aliphatic rings. The number of nitrogens with zero attached hydrogens (tertiary/aromatic N) is 1. The van der Waals surface area contributed by atoms with Crippen molar-refractivity contribution in [2.45, 2.75) is 44.9 Å². The second-order valence-electron chi connectivity index (χ2n) is 5.70. The van der Waals surface area contributed by atoms with Gasteiger partial charge in [0.25, 0.3) is 0 Å². The van der Waals surface area contributed by atoms with Crippen LogP contribution in [0.5, 0.6) is 0 Å². The van der Waals surface area contributed by atoms with Gasteiger partial charge in [-0.1, -0.05) is 36.1 Å². The topological polar surface area (TPSA) is 20.3 Å². The van der Waals surface area contributed by atoms with E-state index in [1.807, 2.05) is 41.3 Å². The first-order chi connectivity index (χ1) is 10.9. The standard InChI is InChI=1S/C20H25NO/c22-20(21-17-11-6-12-18-21)16-10-4-2-1-3-7-13-19-14-8-5-9-15-19/h5,8-10,14-16H,1-4,6,11-12,17-18H2/b16-10+. The van der Waals surface area contributed by atoms with Crippen molar-refractivity contribution in [1.82, 2.24) is 4.90 Å². The number of benzene rings is 1. The minimum absolute atomic E-state index is 0.184. The van der Waals surface area contributed by atoms with Gasteiger partial charge in [0.2, 0.25) is 5.91 Å². The molecule has 0 bridgehead atoms. The first-order valence-corrected chi connectivity index (χ1v) is 8.35. The van der Waals surface area contributed by atoms with Crippen LogP contribution >= 0.6 is 0 Å². The Balaban J connectivity index is 1.56. The van der Waals surface area contributed by atoms with Gasteiger partial charge in [0.15, 0.2) is 0 Å². The summed E-state index contributed by atoms with van der Waals surface area (Å²) in [6, 6.07) is 10.1. The number of allylic oxidation sites excluding steroid dienone is 1. The normalized spacial score (nSPS) is 14.6. The van der Waals surface area contributed by atoms with Crippen molar-refractivity contribution in [3.05, 3.63) is 48.0 Å². The van der Waals surface area contributed by atoms with Gasteiger partial charge in [-0.05, 0) is 56.7 Å². The average molecular weight is 295 g/mol. The molecule has 0 radical (unpaired) electrons. The minimum atomic E-state index is 0.184. The number of carbonyl (C=O) groups is 1. The largest absolute Gasteiger partial charge is 0.339 e. The summed E-state index contributed by atoms with van der Waals surface area (Å²) in [6.45, 7) is 1.86. The number of hydrogen-bond acceptors (Lipinski definition) is 1. The molecule has 1 fully saturated rings. The maximum Gasteiger partial charge on any atom is 0.246 e. The number of amides is 1. The molecular weight excluding hydrogens is 270 g/mol. The zero-order valence-electron chi connectivity index (χ0n) is 13.3. The minimum Gasteiger partial charge on any atom is -0.339 e. The van der Waals surface area contributed by atoms with Gasteiger partial charge in [-0.3, -0.25) is 4.79 Å². The Morgan fingerprint density at radius 3 is 2.64 bits per heavy atom. The molecule has 0 atom stereocenters. The van der Waals surface area contributed by atoms with Crippen molar-refractivity contribution >= 4 is 5.91 Å². The highest BCUT2D eigenvalue weighted by Gasteiger charge is 2.13. The van der Waals surface area contributed by atoms with E-state index in [-0.39, 0.29) is 5.91 Å². The van der Waals surface area contributed by atoms with E-state index < -0.39 is 0 Å². The quantitative estimate of drug-likeness (QED) is 0.453. The Morgan fingerprint density at radius 2 is 1.86 bits per heavy atom. The predicted octanol–water partition coefficient (Wildman–Crippen LogP) is 4.17. The highest BCUT2D eigenvalue weighted by Crippen LogP contribution is 2.09. The van der Waals surface area contributed by atoms with Crippen LogP contribution in [0.3, 0.4) is 0 Å². The molecule has 22 heavy (non-hydrogen) atoms. The Bertz CT molecular complexity index is 530. The van der Waals surface area contributed by atoms with Crippen LogP contribution in [0.1, 0.15) is 50.5 Å². The smallest absolute Gasteiger partial charge is 0.246 e. The number of hydrogen-bond donors (Lipinski definition) is 0. The summed E-state index contributed by atoms with van der Waals surface area (Å²) < 4.78 is 0. The van der Waals surface area contributed by atoms with Crippen LogP contribution < -0.4 is 0 Å². The van der Waals surface area contributed by atoms with Gasteiger partial charge in [0.1, 0.15) is 0 Å². The third-order valence-corrected chi connectivity index (χ3v) is 3.86. The van der Waals surface area contributed by atoms with Crippen molar-refractivity contribution in [2.24, 2.45) is 0 Å². The van der Waals surface area contributed by atoms with Crippen LogP contribution in [0.15, 0.2) is 42.5 Å². The van der Waals surface area contributed by atoms with E-state index in [1.165, 1.54) is 6.42 Å². The third-order valence-electron chi connectivity index (χ3n) is 3.86. The lowest BCUT2D eigenvalue weighted by atomic mass is 10.1. The molecule has 1 aromatic carbocycles. The van der Waals surface area contributed by atoms with E-state index in [0.29, 0.717) is 0 Å². The van der Waals surface area contributed by atoms with Gasteiger partial charge < -0.3 is 4.90 Å². The predicted molar refractivity (Wildman–Crippen MR) is 91.4 cm³/mol. The molecule has 0 saturated carbocycles. The lowest BCUT2D eigenvalue weighted by molar-refractivity contribution is -0.126. The second-order valence-corrected chi connectivity index (χ2v) is 5.70. The molecule has 2 rings (SSSR count). The van der Waals surface area contributed by atoms with Gasteiger partial charge >= 0.3 is 0 Å². The summed E-state index contributed by atoms with van der Waals surface area (Å²) in [7, 11) is 0. The maximum atomic E-state index is 11.9. The van der Waals surface area contributed by atoms with Crippen LogP contribution in [0.25, 0.3) is 0 Å². The molecule has 1 aromatic rings. The van der Waals surface area contributed by atoms with Gasteiger partial charge in [-0.25, -0.2) is 0 Å². The van der Waals surface area contributed by atoms with E-state index in [4.69, 9.17) is 0 Å². The Morgan fingerprint density at radius 1 is 1.09 bits per heavy atom. The zero-order valence-corrected chi connectivity index (χ0v) is 13.3. The molecule has 0 aromatic heterocycles. The molecule has 116 valence electrons. The maximum absolute atomic E-state index is 11.9. The number of rotatable bonds is 5. The fourth-order valence-corrected chi connectivity index (χ4v) is 2.57. The van der Waals surface area contributed by atoms with Crippen molar-refractivity contribution in [2.75, 3.05) is 13.1 Å². The molecule has 1 amide bonds. The molecule has 0 unspecified atom stereocenters.